The Morgan fingerprint density at radius 3 is 2.81 bits per heavy atom. The number of benzene rings is 1. The Kier molecular flexibility index (Phi) is 3.55. The van der Waals surface area contributed by atoms with E-state index >= 15 is 0 Å². The highest BCUT2D eigenvalue weighted by Gasteiger charge is 2.10. The fraction of sp³-hybridized carbons (Fsp3) is 0.125. The molecule has 0 spiro atoms. The van der Waals surface area contributed by atoms with Crippen molar-refractivity contribution in [2.24, 2.45) is 7.05 Å². The van der Waals surface area contributed by atoms with Crippen molar-refractivity contribution in [2.45, 2.75) is 6.61 Å². The van der Waals surface area contributed by atoms with Gasteiger partial charge in [0, 0.05) is 31.1 Å². The molecule has 0 saturated heterocycles. The smallest absolute Gasteiger partial charge is 0.123 e. The van der Waals surface area contributed by atoms with Crippen LogP contribution in [0.4, 0.5) is 0 Å². The summed E-state index contributed by atoms with van der Waals surface area (Å²) in [6.07, 6.45) is 3.49. The van der Waals surface area contributed by atoms with Gasteiger partial charge in [0.05, 0.1) is 11.4 Å². The summed E-state index contributed by atoms with van der Waals surface area (Å²) in [6.45, 7) is 0.373. The van der Waals surface area contributed by atoms with Gasteiger partial charge in [-0.3, -0.25) is 9.67 Å². The molecule has 0 atom stereocenters. The Bertz CT molecular complexity index is 753. The minimum atomic E-state index is 0.186. The van der Waals surface area contributed by atoms with Gasteiger partial charge in [-0.2, -0.15) is 5.10 Å². The van der Waals surface area contributed by atoms with Crippen LogP contribution in [0.25, 0.3) is 11.4 Å². The van der Waals surface area contributed by atoms with Crippen LogP contribution < -0.4 is 4.74 Å². The molecule has 0 aliphatic heterocycles. The monoisotopic (exact) mass is 281 g/mol. The highest BCUT2D eigenvalue weighted by molar-refractivity contribution is 5.58. The molecule has 5 nitrogen and oxygen atoms in total. The maximum Gasteiger partial charge on any atom is 0.123 e. The predicted molar refractivity (Wildman–Crippen MR) is 78.9 cm³/mol. The first kappa shape index (κ1) is 13.2. The number of phenols is 1. The summed E-state index contributed by atoms with van der Waals surface area (Å²) >= 11 is 0. The van der Waals surface area contributed by atoms with Gasteiger partial charge >= 0.3 is 0 Å². The topological polar surface area (TPSA) is 60.2 Å². The van der Waals surface area contributed by atoms with E-state index in [0.717, 1.165) is 17.0 Å². The van der Waals surface area contributed by atoms with Crippen molar-refractivity contribution in [3.8, 4) is 22.9 Å². The van der Waals surface area contributed by atoms with Gasteiger partial charge in [0.1, 0.15) is 18.1 Å². The van der Waals surface area contributed by atoms with Gasteiger partial charge < -0.3 is 9.84 Å². The van der Waals surface area contributed by atoms with Gasteiger partial charge in [-0.15, -0.1) is 0 Å². The molecular weight excluding hydrogens is 266 g/mol. The van der Waals surface area contributed by atoms with Gasteiger partial charge in [0.2, 0.25) is 0 Å². The molecule has 5 heteroatoms. The van der Waals surface area contributed by atoms with Crippen molar-refractivity contribution in [2.75, 3.05) is 0 Å². The van der Waals surface area contributed by atoms with Crippen molar-refractivity contribution in [1.29, 1.82) is 0 Å². The lowest BCUT2D eigenvalue weighted by Gasteiger charge is -2.10. The Labute approximate surface area is 122 Å². The zero-order valence-corrected chi connectivity index (χ0v) is 11.6. The molecule has 3 rings (SSSR count). The number of aromatic nitrogens is 3. The van der Waals surface area contributed by atoms with E-state index in [1.807, 2.05) is 25.2 Å². The molecule has 21 heavy (non-hydrogen) atoms. The highest BCUT2D eigenvalue weighted by atomic mass is 16.5. The van der Waals surface area contributed by atoms with Crippen LogP contribution in [-0.2, 0) is 13.7 Å². The first-order valence-electron chi connectivity index (χ1n) is 6.58. The van der Waals surface area contributed by atoms with Gasteiger partial charge in [-0.1, -0.05) is 12.1 Å². The Hall–Kier alpha value is -2.82. The van der Waals surface area contributed by atoms with Crippen LogP contribution in [0.3, 0.4) is 0 Å². The number of aryl methyl sites for hydroxylation is 1. The van der Waals surface area contributed by atoms with Crippen LogP contribution in [-0.4, -0.2) is 19.9 Å². The van der Waals surface area contributed by atoms with Crippen LogP contribution in [0, 0.1) is 0 Å². The van der Waals surface area contributed by atoms with E-state index < -0.39 is 0 Å². The van der Waals surface area contributed by atoms with Crippen molar-refractivity contribution < 1.29 is 9.84 Å². The second kappa shape index (κ2) is 5.66. The van der Waals surface area contributed by atoms with E-state index in [4.69, 9.17) is 4.74 Å². The van der Waals surface area contributed by atoms with Crippen molar-refractivity contribution >= 4 is 0 Å². The van der Waals surface area contributed by atoms with Crippen molar-refractivity contribution in [3.63, 3.8) is 0 Å². The van der Waals surface area contributed by atoms with E-state index in [-0.39, 0.29) is 5.75 Å². The van der Waals surface area contributed by atoms with Crippen molar-refractivity contribution in [3.05, 3.63) is 60.4 Å². The van der Waals surface area contributed by atoms with Crippen LogP contribution in [0.1, 0.15) is 5.56 Å². The maximum atomic E-state index is 9.45. The number of phenolic OH excluding ortho intramolecular Hbond substituents is 1. The summed E-state index contributed by atoms with van der Waals surface area (Å²) in [5.41, 5.74) is 2.74. The molecule has 3 aromatic rings. The van der Waals surface area contributed by atoms with E-state index in [0.29, 0.717) is 12.4 Å². The second-order valence-corrected chi connectivity index (χ2v) is 4.64. The van der Waals surface area contributed by atoms with Crippen LogP contribution >= 0.6 is 0 Å². The van der Waals surface area contributed by atoms with E-state index in [1.54, 1.807) is 41.3 Å². The summed E-state index contributed by atoms with van der Waals surface area (Å²) in [5, 5.41) is 13.6. The maximum absolute atomic E-state index is 9.45. The summed E-state index contributed by atoms with van der Waals surface area (Å²) < 4.78 is 7.50. The number of hydrogen-bond acceptors (Lipinski definition) is 4. The molecule has 0 fully saturated rings. The number of ether oxygens (including phenoxy) is 1. The molecule has 0 aliphatic carbocycles. The number of rotatable bonds is 4. The lowest BCUT2D eigenvalue weighted by molar-refractivity contribution is 0.304. The molecule has 0 saturated carbocycles. The third-order valence-electron chi connectivity index (χ3n) is 3.17. The summed E-state index contributed by atoms with van der Waals surface area (Å²) in [7, 11) is 1.88. The Balaban J connectivity index is 1.85. The number of pyridine rings is 1. The van der Waals surface area contributed by atoms with Crippen LogP contribution in [0.2, 0.25) is 0 Å². The molecule has 0 bridgehead atoms. The fourth-order valence-corrected chi connectivity index (χ4v) is 2.13. The van der Waals surface area contributed by atoms with E-state index in [2.05, 4.69) is 10.1 Å². The molecule has 2 heterocycles. The predicted octanol–water partition coefficient (Wildman–Crippen LogP) is 2.77. The lowest BCUT2D eigenvalue weighted by Crippen LogP contribution is -2.02. The minimum absolute atomic E-state index is 0.186. The van der Waals surface area contributed by atoms with E-state index in [1.165, 1.54) is 0 Å². The first-order chi connectivity index (χ1) is 10.2. The van der Waals surface area contributed by atoms with Crippen molar-refractivity contribution in [1.82, 2.24) is 14.8 Å². The number of nitrogens with zero attached hydrogens (tertiary/aromatic N) is 3. The lowest BCUT2D eigenvalue weighted by atomic mass is 10.1. The second-order valence-electron chi connectivity index (χ2n) is 4.64. The molecule has 1 aromatic carbocycles. The molecule has 0 aliphatic rings. The van der Waals surface area contributed by atoms with Crippen LogP contribution in [0.15, 0.2) is 54.9 Å². The standard InChI is InChI=1S/C16H15N3O2/c1-19-15(7-9-18-19)16-12(4-3-8-17-16)11-21-14-6-2-5-13(20)10-14/h2-10,20H,11H2,1H3. The minimum Gasteiger partial charge on any atom is -0.508 e. The van der Waals surface area contributed by atoms with E-state index in [9.17, 15) is 5.11 Å². The van der Waals surface area contributed by atoms with Crippen LogP contribution in [0.5, 0.6) is 11.5 Å². The highest BCUT2D eigenvalue weighted by Crippen LogP contribution is 2.23. The molecule has 0 unspecified atom stereocenters. The first-order valence-corrected chi connectivity index (χ1v) is 6.58. The third-order valence-corrected chi connectivity index (χ3v) is 3.17. The Morgan fingerprint density at radius 2 is 2.05 bits per heavy atom. The average Bonchev–Trinajstić information content (AvgIpc) is 2.91. The van der Waals surface area contributed by atoms with Gasteiger partial charge in [0.15, 0.2) is 0 Å². The zero-order chi connectivity index (χ0) is 14.7. The summed E-state index contributed by atoms with van der Waals surface area (Å²) in [6, 6.07) is 12.5. The molecular formula is C16H15N3O2. The SMILES string of the molecule is Cn1nccc1-c1ncccc1COc1cccc(O)c1. The fourth-order valence-electron chi connectivity index (χ4n) is 2.13. The quantitative estimate of drug-likeness (QED) is 0.799. The molecule has 1 N–H and O–H groups in total. The van der Waals surface area contributed by atoms with Gasteiger partial charge in [0.25, 0.3) is 0 Å². The normalized spacial score (nSPS) is 10.5. The Morgan fingerprint density at radius 1 is 1.14 bits per heavy atom. The zero-order valence-electron chi connectivity index (χ0n) is 11.6. The molecule has 2 aromatic heterocycles. The largest absolute Gasteiger partial charge is 0.508 e. The molecule has 0 radical (unpaired) electrons. The number of hydrogen-bond donors (Lipinski definition) is 1. The number of aromatic hydroxyl groups is 1. The molecule has 106 valence electrons. The summed E-state index contributed by atoms with van der Waals surface area (Å²) in [5.74, 6) is 0.806. The summed E-state index contributed by atoms with van der Waals surface area (Å²) in [4.78, 5) is 4.42. The van der Waals surface area contributed by atoms with Gasteiger partial charge in [-0.05, 0) is 24.3 Å². The van der Waals surface area contributed by atoms with Gasteiger partial charge in [-0.25, -0.2) is 0 Å². The average molecular weight is 281 g/mol. The third kappa shape index (κ3) is 2.86. The molecule has 0 amide bonds.